The van der Waals surface area contributed by atoms with Gasteiger partial charge >= 0.3 is 6.03 Å². The Bertz CT molecular complexity index is 1410. The highest BCUT2D eigenvalue weighted by Gasteiger charge is 2.36. The molecule has 46 heavy (non-hydrogen) atoms. The van der Waals surface area contributed by atoms with Gasteiger partial charge < -0.3 is 30.7 Å². The Labute approximate surface area is 272 Å². The summed E-state index contributed by atoms with van der Waals surface area (Å²) in [6.07, 6.45) is 0.819. The van der Waals surface area contributed by atoms with Gasteiger partial charge in [-0.25, -0.2) is 4.79 Å². The molecule has 1 heterocycles. The predicted molar refractivity (Wildman–Crippen MR) is 180 cm³/mol. The van der Waals surface area contributed by atoms with Crippen LogP contribution in [0.4, 0.5) is 4.79 Å². The molecule has 0 aliphatic carbocycles. The van der Waals surface area contributed by atoms with E-state index in [9.17, 15) is 19.5 Å². The van der Waals surface area contributed by atoms with Crippen molar-refractivity contribution in [3.63, 3.8) is 0 Å². The summed E-state index contributed by atoms with van der Waals surface area (Å²) < 4.78 is 5.91. The zero-order chi connectivity index (χ0) is 33.1. The van der Waals surface area contributed by atoms with Crippen LogP contribution in [0.25, 0.3) is 0 Å². The lowest BCUT2D eigenvalue weighted by molar-refractivity contribution is -0.129. The molecule has 0 saturated carbocycles. The third kappa shape index (κ3) is 9.81. The van der Waals surface area contributed by atoms with Crippen molar-refractivity contribution < 1.29 is 24.2 Å². The topological polar surface area (TPSA) is 120 Å². The van der Waals surface area contributed by atoms with E-state index in [2.05, 4.69) is 16.0 Å². The lowest BCUT2D eigenvalue weighted by Gasteiger charge is -2.37. The summed E-state index contributed by atoms with van der Waals surface area (Å²) in [5.41, 5.74) is 3.86. The zero-order valence-electron chi connectivity index (χ0n) is 27.4. The fraction of sp³-hybridized carbons (Fsp3) is 0.432. The van der Waals surface area contributed by atoms with E-state index in [-0.39, 0.29) is 36.8 Å². The molecule has 4 amide bonds. The summed E-state index contributed by atoms with van der Waals surface area (Å²) in [5, 5.41) is 20.8. The van der Waals surface area contributed by atoms with Gasteiger partial charge in [-0.2, -0.15) is 0 Å². The minimum Gasteiger partial charge on any atom is -0.483 e. The van der Waals surface area contributed by atoms with E-state index in [0.717, 1.165) is 28.7 Å². The van der Waals surface area contributed by atoms with E-state index in [1.165, 1.54) is 0 Å². The highest BCUT2D eigenvalue weighted by Crippen LogP contribution is 2.22. The smallest absolute Gasteiger partial charge is 0.318 e. The van der Waals surface area contributed by atoms with Gasteiger partial charge in [0.15, 0.2) is 6.61 Å². The summed E-state index contributed by atoms with van der Waals surface area (Å²) in [6, 6.07) is 23.3. The van der Waals surface area contributed by atoms with Crippen molar-refractivity contribution in [3.8, 4) is 5.75 Å². The number of nitrogens with zero attached hydrogens (tertiary/aromatic N) is 1. The van der Waals surface area contributed by atoms with E-state index in [1.54, 1.807) is 4.90 Å². The summed E-state index contributed by atoms with van der Waals surface area (Å²) >= 11 is 0. The van der Waals surface area contributed by atoms with Crippen molar-refractivity contribution in [2.45, 2.75) is 77.6 Å². The molecule has 4 rings (SSSR count). The van der Waals surface area contributed by atoms with E-state index in [1.807, 2.05) is 107 Å². The van der Waals surface area contributed by atoms with Gasteiger partial charge in [0.05, 0.1) is 12.1 Å². The number of aliphatic hydroxyl groups is 1. The van der Waals surface area contributed by atoms with Gasteiger partial charge in [0, 0.05) is 19.1 Å². The monoisotopic (exact) mass is 628 g/mol. The first-order valence-corrected chi connectivity index (χ1v) is 16.2. The van der Waals surface area contributed by atoms with Gasteiger partial charge in [0.25, 0.3) is 5.91 Å². The van der Waals surface area contributed by atoms with Crippen molar-refractivity contribution >= 4 is 17.8 Å². The molecule has 9 heteroatoms. The van der Waals surface area contributed by atoms with Crippen molar-refractivity contribution in [1.29, 1.82) is 0 Å². The molecular formula is C37H48N4O5. The second-order valence-corrected chi connectivity index (χ2v) is 12.5. The van der Waals surface area contributed by atoms with Gasteiger partial charge in [-0.3, -0.25) is 9.59 Å². The molecule has 0 aromatic heterocycles. The van der Waals surface area contributed by atoms with Crippen LogP contribution in [0.2, 0.25) is 0 Å². The molecule has 3 aromatic carbocycles. The van der Waals surface area contributed by atoms with Crippen LogP contribution in [0.15, 0.2) is 78.9 Å². The molecule has 246 valence electrons. The molecule has 4 atom stereocenters. The van der Waals surface area contributed by atoms with Crippen molar-refractivity contribution in [3.05, 3.63) is 101 Å². The number of hydrogen-bond donors (Lipinski definition) is 4. The molecule has 3 aromatic rings. The number of para-hydroxylation sites is 1. The Hall–Kier alpha value is -4.37. The average Bonchev–Trinajstić information content (AvgIpc) is 3.02. The SMILES string of the molecule is Cc1cccc(C)c1OCC(=O)NC(Cc1ccccc1)CC(O)C(Cc1ccccc1)NC(=O)C(C(C)C)N1CCCNC1=O. The summed E-state index contributed by atoms with van der Waals surface area (Å²) in [4.78, 5) is 41.3. The molecule has 0 radical (unpaired) electrons. The first-order valence-electron chi connectivity index (χ1n) is 16.2. The average molecular weight is 629 g/mol. The maximum atomic E-state index is 13.8. The molecular weight excluding hydrogens is 580 g/mol. The van der Waals surface area contributed by atoms with Gasteiger partial charge in [-0.15, -0.1) is 0 Å². The molecule has 9 nitrogen and oxygen atoms in total. The highest BCUT2D eigenvalue weighted by molar-refractivity contribution is 5.88. The Morgan fingerprint density at radius 2 is 1.50 bits per heavy atom. The Morgan fingerprint density at radius 1 is 0.891 bits per heavy atom. The predicted octanol–water partition coefficient (Wildman–Crippen LogP) is 4.33. The van der Waals surface area contributed by atoms with Crippen LogP contribution in [-0.4, -0.2) is 71.8 Å². The number of benzene rings is 3. The molecule has 0 spiro atoms. The summed E-state index contributed by atoms with van der Waals surface area (Å²) in [5.74, 6) is -0.0570. The highest BCUT2D eigenvalue weighted by atomic mass is 16.5. The first kappa shape index (κ1) is 34.5. The number of aliphatic hydroxyl groups excluding tert-OH is 1. The van der Waals surface area contributed by atoms with Crippen molar-refractivity contribution in [2.75, 3.05) is 19.7 Å². The van der Waals surface area contributed by atoms with Crippen LogP contribution in [0.3, 0.4) is 0 Å². The zero-order valence-corrected chi connectivity index (χ0v) is 27.4. The van der Waals surface area contributed by atoms with Crippen LogP contribution < -0.4 is 20.7 Å². The first-order chi connectivity index (χ1) is 22.1. The van der Waals surface area contributed by atoms with Crippen LogP contribution >= 0.6 is 0 Å². The number of urea groups is 1. The third-order valence-electron chi connectivity index (χ3n) is 8.41. The van der Waals surface area contributed by atoms with Crippen LogP contribution in [-0.2, 0) is 22.4 Å². The number of nitrogens with one attached hydrogen (secondary N) is 3. The number of carbonyl (C=O) groups is 3. The second-order valence-electron chi connectivity index (χ2n) is 12.5. The molecule has 4 N–H and O–H groups in total. The fourth-order valence-corrected chi connectivity index (χ4v) is 6.12. The molecule has 1 saturated heterocycles. The Balaban J connectivity index is 1.52. The van der Waals surface area contributed by atoms with Crippen LogP contribution in [0, 0.1) is 19.8 Å². The van der Waals surface area contributed by atoms with E-state index in [0.29, 0.717) is 31.7 Å². The van der Waals surface area contributed by atoms with Gasteiger partial charge in [0.1, 0.15) is 11.8 Å². The summed E-state index contributed by atoms with van der Waals surface area (Å²) in [6.45, 7) is 8.63. The maximum absolute atomic E-state index is 13.8. The van der Waals surface area contributed by atoms with Crippen LogP contribution in [0.5, 0.6) is 5.75 Å². The number of carbonyl (C=O) groups excluding carboxylic acids is 3. The number of aryl methyl sites for hydroxylation is 2. The lowest BCUT2D eigenvalue weighted by Crippen LogP contribution is -2.60. The standard InChI is InChI=1S/C37H48N4O5/c1-25(2)34(41-20-12-19-38-37(41)45)36(44)40-31(22-29-17-9-6-10-18-29)32(42)23-30(21-28-15-7-5-8-16-28)39-33(43)24-46-35-26(3)13-11-14-27(35)4/h5-11,13-18,25,30-32,34,42H,12,19-24H2,1-4H3,(H,38,45)(H,39,43)(H,40,44). The molecule has 1 fully saturated rings. The van der Waals surface area contributed by atoms with Gasteiger partial charge in [-0.1, -0.05) is 92.7 Å². The maximum Gasteiger partial charge on any atom is 0.318 e. The number of amides is 4. The normalized spacial score (nSPS) is 15.8. The quantitative estimate of drug-likeness (QED) is 0.200. The van der Waals surface area contributed by atoms with E-state index in [4.69, 9.17) is 4.74 Å². The van der Waals surface area contributed by atoms with Crippen molar-refractivity contribution in [1.82, 2.24) is 20.9 Å². The summed E-state index contributed by atoms with van der Waals surface area (Å²) in [7, 11) is 0. The third-order valence-corrected chi connectivity index (χ3v) is 8.41. The molecule has 1 aliphatic rings. The Morgan fingerprint density at radius 3 is 2.09 bits per heavy atom. The molecule has 4 unspecified atom stereocenters. The molecule has 0 bridgehead atoms. The largest absolute Gasteiger partial charge is 0.483 e. The number of hydrogen-bond acceptors (Lipinski definition) is 5. The second kappa shape index (κ2) is 16.8. The minimum absolute atomic E-state index is 0.139. The van der Waals surface area contributed by atoms with E-state index >= 15 is 0 Å². The van der Waals surface area contributed by atoms with Crippen LogP contribution in [0.1, 0.15) is 48.9 Å². The number of ether oxygens (including phenoxy) is 1. The van der Waals surface area contributed by atoms with Crippen molar-refractivity contribution in [2.24, 2.45) is 5.92 Å². The van der Waals surface area contributed by atoms with Gasteiger partial charge in [0.2, 0.25) is 5.91 Å². The minimum atomic E-state index is -0.999. The van der Waals surface area contributed by atoms with Gasteiger partial charge in [-0.05, 0) is 67.7 Å². The van der Waals surface area contributed by atoms with E-state index < -0.39 is 24.2 Å². The molecule has 1 aliphatic heterocycles. The fourth-order valence-electron chi connectivity index (χ4n) is 6.12. The number of rotatable bonds is 15. The Kier molecular flexibility index (Phi) is 12.6. The lowest BCUT2D eigenvalue weighted by atomic mass is 9.92.